The monoisotopic (exact) mass is 383 g/mol. The van der Waals surface area contributed by atoms with Crippen molar-refractivity contribution in [2.24, 2.45) is 17.8 Å². The zero-order valence-corrected chi connectivity index (χ0v) is 14.8. The summed E-state index contributed by atoms with van der Waals surface area (Å²) in [5.74, 6) is -6.53. The lowest BCUT2D eigenvalue weighted by atomic mass is 9.67. The molecule has 1 unspecified atom stereocenters. The van der Waals surface area contributed by atoms with Gasteiger partial charge in [0.2, 0.25) is 0 Å². The van der Waals surface area contributed by atoms with Crippen LogP contribution >= 0.6 is 0 Å². The Morgan fingerprint density at radius 1 is 1.11 bits per heavy atom. The molecule has 5 nitrogen and oxygen atoms in total. The van der Waals surface area contributed by atoms with Gasteiger partial charge in [-0.25, -0.2) is 13.2 Å². The van der Waals surface area contributed by atoms with Crippen molar-refractivity contribution in [3.05, 3.63) is 29.6 Å². The van der Waals surface area contributed by atoms with Crippen LogP contribution in [0.4, 0.5) is 18.9 Å². The fourth-order valence-corrected chi connectivity index (χ4v) is 3.85. The van der Waals surface area contributed by atoms with E-state index in [9.17, 15) is 27.6 Å². The maximum Gasteiger partial charge on any atom is 0.309 e. The van der Waals surface area contributed by atoms with E-state index in [0.717, 1.165) is 25.3 Å². The van der Waals surface area contributed by atoms with Gasteiger partial charge in [0, 0.05) is 11.8 Å². The lowest BCUT2D eigenvalue weighted by Gasteiger charge is -2.36. The van der Waals surface area contributed by atoms with Crippen molar-refractivity contribution < 1.29 is 32.3 Å². The first kappa shape index (κ1) is 19.4. The van der Waals surface area contributed by atoms with Gasteiger partial charge in [-0.2, -0.15) is 0 Å². The van der Waals surface area contributed by atoms with Crippen LogP contribution in [0.1, 0.15) is 39.0 Å². The molecule has 1 aromatic rings. The Balaban J connectivity index is 1.59. The summed E-state index contributed by atoms with van der Waals surface area (Å²) in [5, 5.41) is 2.08. The van der Waals surface area contributed by atoms with Gasteiger partial charge in [-0.3, -0.25) is 14.4 Å². The van der Waals surface area contributed by atoms with E-state index in [2.05, 4.69) is 5.32 Å². The predicted molar refractivity (Wildman–Crippen MR) is 89.1 cm³/mol. The Bertz CT molecular complexity index is 766. The van der Waals surface area contributed by atoms with Gasteiger partial charge in [-0.1, -0.05) is 6.42 Å². The van der Waals surface area contributed by atoms with Crippen LogP contribution in [0, 0.1) is 35.2 Å². The number of Topliss-reactive ketones (excluding diaryl/α,β-unsaturated/α-hetero) is 1. The molecule has 2 aliphatic carbocycles. The standard InChI is InChI=1S/C19H20F3NO4/c1-9(18(25)23-14-6-5-13(20)15(21)16(14)22)27-19(26)12-7-10-3-2-4-11(8-12)17(10)24/h5-6,9-12H,2-4,7-8H2,1H3,(H,23,25)/t9-,10-,11+,12?/m1/s1. The van der Waals surface area contributed by atoms with Gasteiger partial charge in [0.1, 0.15) is 5.78 Å². The largest absolute Gasteiger partial charge is 0.452 e. The molecule has 0 heterocycles. The number of halogens is 3. The molecular weight excluding hydrogens is 363 g/mol. The number of amides is 1. The Morgan fingerprint density at radius 2 is 1.74 bits per heavy atom. The summed E-state index contributed by atoms with van der Waals surface area (Å²) in [6, 6.07) is 1.57. The average molecular weight is 383 g/mol. The van der Waals surface area contributed by atoms with Crippen LogP contribution in [0.25, 0.3) is 0 Å². The highest BCUT2D eigenvalue weighted by Gasteiger charge is 2.42. The van der Waals surface area contributed by atoms with E-state index < -0.39 is 47.0 Å². The van der Waals surface area contributed by atoms with E-state index in [1.54, 1.807) is 0 Å². The van der Waals surface area contributed by atoms with Crippen molar-refractivity contribution in [3.8, 4) is 0 Å². The molecule has 0 saturated heterocycles. The zero-order chi connectivity index (χ0) is 19.7. The minimum absolute atomic E-state index is 0.129. The van der Waals surface area contributed by atoms with Gasteiger partial charge in [0.25, 0.3) is 5.91 Å². The summed E-state index contributed by atoms with van der Waals surface area (Å²) >= 11 is 0. The van der Waals surface area contributed by atoms with Crippen LogP contribution in [0.3, 0.4) is 0 Å². The van der Waals surface area contributed by atoms with Crippen molar-refractivity contribution in [1.82, 2.24) is 0 Å². The van der Waals surface area contributed by atoms with E-state index in [1.807, 2.05) is 0 Å². The van der Waals surface area contributed by atoms with Gasteiger partial charge in [-0.05, 0) is 44.7 Å². The summed E-state index contributed by atoms with van der Waals surface area (Å²) in [5.41, 5.74) is -0.542. The molecule has 1 amide bonds. The SMILES string of the molecule is C[C@@H](OC(=O)C1C[C@H]2CCC[C@@H](C1)C2=O)C(=O)Nc1ccc(F)c(F)c1F. The molecule has 0 radical (unpaired) electrons. The molecule has 3 rings (SSSR count). The number of carbonyl (C=O) groups excluding carboxylic acids is 3. The van der Waals surface area contributed by atoms with E-state index in [1.165, 1.54) is 6.92 Å². The van der Waals surface area contributed by atoms with Crippen molar-refractivity contribution >= 4 is 23.3 Å². The summed E-state index contributed by atoms with van der Waals surface area (Å²) in [4.78, 5) is 36.6. The van der Waals surface area contributed by atoms with Crippen LogP contribution in [-0.4, -0.2) is 23.8 Å². The van der Waals surface area contributed by atoms with Crippen LogP contribution in [0.15, 0.2) is 12.1 Å². The number of benzene rings is 1. The Morgan fingerprint density at radius 3 is 2.37 bits per heavy atom. The van der Waals surface area contributed by atoms with Gasteiger partial charge in [0.15, 0.2) is 23.6 Å². The highest BCUT2D eigenvalue weighted by molar-refractivity contribution is 5.95. The van der Waals surface area contributed by atoms with E-state index in [4.69, 9.17) is 4.74 Å². The van der Waals surface area contributed by atoms with Crippen molar-refractivity contribution in [2.75, 3.05) is 5.32 Å². The molecule has 8 heteroatoms. The molecular formula is C19H20F3NO4. The number of nitrogens with one attached hydrogen (secondary N) is 1. The fraction of sp³-hybridized carbons (Fsp3) is 0.526. The molecule has 27 heavy (non-hydrogen) atoms. The van der Waals surface area contributed by atoms with Gasteiger partial charge >= 0.3 is 5.97 Å². The lowest BCUT2D eigenvalue weighted by molar-refractivity contribution is -0.161. The van der Waals surface area contributed by atoms with E-state index in [-0.39, 0.29) is 17.6 Å². The number of hydrogen-bond acceptors (Lipinski definition) is 4. The summed E-state index contributed by atoms with van der Waals surface area (Å²) in [6.45, 7) is 1.31. The summed E-state index contributed by atoms with van der Waals surface area (Å²) < 4.78 is 45.0. The van der Waals surface area contributed by atoms with Crippen LogP contribution in [0.5, 0.6) is 0 Å². The number of fused-ring (bicyclic) bond motifs is 2. The molecule has 0 aromatic heterocycles. The maximum atomic E-state index is 13.6. The van der Waals surface area contributed by atoms with Gasteiger partial charge in [0.05, 0.1) is 11.6 Å². The van der Waals surface area contributed by atoms with E-state index >= 15 is 0 Å². The zero-order valence-electron chi connectivity index (χ0n) is 14.8. The molecule has 0 aliphatic heterocycles. The first-order chi connectivity index (χ1) is 12.8. The Labute approximate surface area is 154 Å². The highest BCUT2D eigenvalue weighted by Crippen LogP contribution is 2.40. The highest BCUT2D eigenvalue weighted by atomic mass is 19.2. The van der Waals surface area contributed by atoms with Crippen molar-refractivity contribution in [1.29, 1.82) is 0 Å². The minimum Gasteiger partial charge on any atom is -0.452 e. The summed E-state index contributed by atoms with van der Waals surface area (Å²) in [6.07, 6.45) is 2.10. The number of hydrogen-bond donors (Lipinski definition) is 1. The lowest BCUT2D eigenvalue weighted by Crippen LogP contribution is -2.41. The molecule has 146 valence electrons. The van der Waals surface area contributed by atoms with Crippen LogP contribution in [-0.2, 0) is 19.1 Å². The minimum atomic E-state index is -1.70. The van der Waals surface area contributed by atoms with Crippen LogP contribution < -0.4 is 5.32 Å². The number of anilines is 1. The van der Waals surface area contributed by atoms with Crippen molar-refractivity contribution in [3.63, 3.8) is 0 Å². The third-order valence-corrected chi connectivity index (χ3v) is 5.34. The van der Waals surface area contributed by atoms with Crippen LogP contribution in [0.2, 0.25) is 0 Å². The van der Waals surface area contributed by atoms with Gasteiger partial charge < -0.3 is 10.1 Å². The topological polar surface area (TPSA) is 72.5 Å². The second-order valence-corrected chi connectivity index (χ2v) is 7.19. The second-order valence-electron chi connectivity index (χ2n) is 7.19. The number of carbonyl (C=O) groups is 3. The van der Waals surface area contributed by atoms with Crippen molar-refractivity contribution in [2.45, 2.75) is 45.1 Å². The smallest absolute Gasteiger partial charge is 0.309 e. The normalized spacial score (nSPS) is 25.6. The van der Waals surface area contributed by atoms with E-state index in [0.29, 0.717) is 18.9 Å². The molecule has 1 aromatic carbocycles. The molecule has 2 fully saturated rings. The maximum absolute atomic E-state index is 13.6. The third-order valence-electron chi connectivity index (χ3n) is 5.34. The average Bonchev–Trinajstić information content (AvgIpc) is 2.61. The molecule has 2 saturated carbocycles. The molecule has 2 bridgehead atoms. The number of rotatable bonds is 4. The molecule has 0 spiro atoms. The predicted octanol–water partition coefficient (Wildman–Crippen LogP) is 3.37. The Kier molecular flexibility index (Phi) is 5.53. The Hall–Kier alpha value is -2.38. The second kappa shape index (κ2) is 7.70. The first-order valence-corrected chi connectivity index (χ1v) is 8.96. The van der Waals surface area contributed by atoms with Gasteiger partial charge in [-0.15, -0.1) is 0 Å². The molecule has 1 N–H and O–H groups in total. The first-order valence-electron chi connectivity index (χ1n) is 8.96. The third kappa shape index (κ3) is 3.99. The molecule has 2 aliphatic rings. The summed E-state index contributed by atoms with van der Waals surface area (Å²) in [7, 11) is 0. The number of ether oxygens (including phenoxy) is 1. The number of esters is 1. The molecule has 4 atom stereocenters. The quantitative estimate of drug-likeness (QED) is 0.639. The number of ketones is 1. The fourth-order valence-electron chi connectivity index (χ4n) is 3.85.